The van der Waals surface area contributed by atoms with E-state index in [2.05, 4.69) is 4.98 Å². The van der Waals surface area contributed by atoms with Gasteiger partial charge in [0.25, 0.3) is 0 Å². The maximum Gasteiger partial charge on any atom is 0.416 e. The van der Waals surface area contributed by atoms with Crippen LogP contribution in [0.5, 0.6) is 5.75 Å². The van der Waals surface area contributed by atoms with Crippen LogP contribution in [0.3, 0.4) is 0 Å². The standard InChI is InChI=1S/C23H21ClF3NO2/c24-14-2-1-3-17-6-11-21(12-7-17)29-15-20-16-30-22(28-20)13-8-18-4-9-19(10-5-18)23(25,26)27/h4-13,16H,1-3,14-15H2/b13-8+. The maximum absolute atomic E-state index is 12.6. The van der Waals surface area contributed by atoms with Gasteiger partial charge in [-0.05, 0) is 60.7 Å². The summed E-state index contributed by atoms with van der Waals surface area (Å²) < 4.78 is 48.9. The van der Waals surface area contributed by atoms with Gasteiger partial charge in [0.2, 0.25) is 5.89 Å². The number of oxazole rings is 1. The third kappa shape index (κ3) is 6.66. The van der Waals surface area contributed by atoms with Crippen molar-refractivity contribution in [3.8, 4) is 5.75 Å². The fourth-order valence-corrected chi connectivity index (χ4v) is 2.94. The summed E-state index contributed by atoms with van der Waals surface area (Å²) in [6, 6.07) is 12.8. The van der Waals surface area contributed by atoms with E-state index in [9.17, 15) is 13.2 Å². The second kappa shape index (κ2) is 10.3. The summed E-state index contributed by atoms with van der Waals surface area (Å²) in [6.45, 7) is 0.253. The van der Waals surface area contributed by atoms with Gasteiger partial charge in [-0.25, -0.2) is 4.98 Å². The van der Waals surface area contributed by atoms with Gasteiger partial charge in [-0.3, -0.25) is 0 Å². The molecule has 0 saturated heterocycles. The molecule has 0 atom stereocenters. The minimum Gasteiger partial charge on any atom is -0.487 e. The molecule has 0 N–H and O–H groups in total. The molecular formula is C23H21ClF3NO2. The van der Waals surface area contributed by atoms with E-state index in [0.29, 0.717) is 23.0 Å². The smallest absolute Gasteiger partial charge is 0.416 e. The van der Waals surface area contributed by atoms with Crippen LogP contribution in [0, 0.1) is 0 Å². The summed E-state index contributed by atoms with van der Waals surface area (Å²) in [7, 11) is 0. The van der Waals surface area contributed by atoms with Gasteiger partial charge >= 0.3 is 6.18 Å². The van der Waals surface area contributed by atoms with Crippen molar-refractivity contribution in [1.29, 1.82) is 0 Å². The molecule has 1 aromatic heterocycles. The van der Waals surface area contributed by atoms with Crippen LogP contribution in [-0.2, 0) is 19.2 Å². The second-order valence-corrected chi connectivity index (χ2v) is 7.09. The SMILES string of the molecule is FC(F)(F)c1ccc(/C=C/c2nc(COc3ccc(CCCCCl)cc3)co2)cc1. The summed E-state index contributed by atoms with van der Waals surface area (Å²) in [4.78, 5) is 4.29. The lowest BCUT2D eigenvalue weighted by Gasteiger charge is -2.05. The van der Waals surface area contributed by atoms with Gasteiger partial charge in [0, 0.05) is 12.0 Å². The Balaban J connectivity index is 1.51. The van der Waals surface area contributed by atoms with E-state index in [4.69, 9.17) is 20.8 Å². The van der Waals surface area contributed by atoms with Gasteiger partial charge in [-0.15, -0.1) is 11.6 Å². The van der Waals surface area contributed by atoms with E-state index < -0.39 is 11.7 Å². The zero-order valence-corrected chi connectivity index (χ0v) is 16.9. The van der Waals surface area contributed by atoms with E-state index in [1.165, 1.54) is 24.0 Å². The minimum absolute atomic E-state index is 0.253. The van der Waals surface area contributed by atoms with Gasteiger partial charge in [-0.1, -0.05) is 24.3 Å². The fourth-order valence-electron chi connectivity index (χ4n) is 2.75. The molecule has 0 radical (unpaired) electrons. The molecule has 7 heteroatoms. The molecule has 0 unspecified atom stereocenters. The Morgan fingerprint density at radius 2 is 1.70 bits per heavy atom. The number of aromatic nitrogens is 1. The molecule has 158 valence electrons. The fraction of sp³-hybridized carbons (Fsp3) is 0.261. The molecule has 3 nitrogen and oxygen atoms in total. The molecule has 0 saturated carbocycles. The molecule has 3 aromatic rings. The highest BCUT2D eigenvalue weighted by Crippen LogP contribution is 2.29. The Morgan fingerprint density at radius 1 is 0.967 bits per heavy atom. The molecule has 0 bridgehead atoms. The van der Waals surface area contributed by atoms with Gasteiger partial charge in [0.1, 0.15) is 24.3 Å². The monoisotopic (exact) mass is 435 g/mol. The van der Waals surface area contributed by atoms with E-state index in [0.717, 1.165) is 37.1 Å². The minimum atomic E-state index is -4.34. The molecule has 0 fully saturated rings. The van der Waals surface area contributed by atoms with E-state index in [1.807, 2.05) is 24.3 Å². The van der Waals surface area contributed by atoms with Crippen molar-refractivity contribution in [3.63, 3.8) is 0 Å². The summed E-state index contributed by atoms with van der Waals surface area (Å²) in [6.07, 6.45) is 3.44. The van der Waals surface area contributed by atoms with Gasteiger partial charge in [0.15, 0.2) is 0 Å². The number of hydrogen-bond acceptors (Lipinski definition) is 3. The Kier molecular flexibility index (Phi) is 7.57. The van der Waals surface area contributed by atoms with Crippen LogP contribution in [-0.4, -0.2) is 10.9 Å². The first kappa shape index (κ1) is 22.0. The Morgan fingerprint density at radius 3 is 2.37 bits per heavy atom. The predicted octanol–water partition coefficient (Wildman–Crippen LogP) is 7.00. The second-order valence-electron chi connectivity index (χ2n) is 6.71. The summed E-state index contributed by atoms with van der Waals surface area (Å²) in [5, 5.41) is 0. The quantitative estimate of drug-likeness (QED) is 0.268. The lowest BCUT2D eigenvalue weighted by atomic mass is 10.1. The maximum atomic E-state index is 12.6. The lowest BCUT2D eigenvalue weighted by molar-refractivity contribution is -0.137. The van der Waals surface area contributed by atoms with Crippen LogP contribution < -0.4 is 4.74 Å². The molecule has 0 aliphatic heterocycles. The molecule has 0 aliphatic rings. The number of halogens is 4. The van der Waals surface area contributed by atoms with Crippen LogP contribution >= 0.6 is 11.6 Å². The average Bonchev–Trinajstić information content (AvgIpc) is 3.19. The van der Waals surface area contributed by atoms with Crippen LogP contribution in [0.15, 0.2) is 59.2 Å². The first-order chi connectivity index (χ1) is 14.4. The van der Waals surface area contributed by atoms with Crippen LogP contribution in [0.4, 0.5) is 13.2 Å². The van der Waals surface area contributed by atoms with Crippen molar-refractivity contribution in [2.75, 3.05) is 5.88 Å². The number of alkyl halides is 4. The van der Waals surface area contributed by atoms with Crippen molar-refractivity contribution in [3.05, 3.63) is 83.1 Å². The third-order valence-corrected chi connectivity index (χ3v) is 4.65. The normalized spacial score (nSPS) is 11.9. The molecule has 0 amide bonds. The topological polar surface area (TPSA) is 35.3 Å². The summed E-state index contributed by atoms with van der Waals surface area (Å²) >= 11 is 5.69. The number of nitrogens with zero attached hydrogens (tertiary/aromatic N) is 1. The molecule has 3 rings (SSSR count). The number of aryl methyl sites for hydroxylation is 1. The highest BCUT2D eigenvalue weighted by atomic mass is 35.5. The van der Waals surface area contributed by atoms with E-state index >= 15 is 0 Å². The molecule has 0 spiro atoms. The zero-order valence-electron chi connectivity index (χ0n) is 16.2. The first-order valence-electron chi connectivity index (χ1n) is 9.51. The number of benzene rings is 2. The first-order valence-corrected chi connectivity index (χ1v) is 10.0. The van der Waals surface area contributed by atoms with Crippen molar-refractivity contribution in [2.45, 2.75) is 32.0 Å². The van der Waals surface area contributed by atoms with Gasteiger partial charge in [-0.2, -0.15) is 13.2 Å². The van der Waals surface area contributed by atoms with Crippen LogP contribution in [0.2, 0.25) is 0 Å². The van der Waals surface area contributed by atoms with Crippen molar-refractivity contribution < 1.29 is 22.3 Å². The number of ether oxygens (including phenoxy) is 1. The molecule has 30 heavy (non-hydrogen) atoms. The van der Waals surface area contributed by atoms with Crippen molar-refractivity contribution in [1.82, 2.24) is 4.98 Å². The molecular weight excluding hydrogens is 415 g/mol. The van der Waals surface area contributed by atoms with Crippen molar-refractivity contribution >= 4 is 23.8 Å². The largest absolute Gasteiger partial charge is 0.487 e. The lowest BCUT2D eigenvalue weighted by Crippen LogP contribution is -2.03. The summed E-state index contributed by atoms with van der Waals surface area (Å²) in [5.41, 5.74) is 1.79. The van der Waals surface area contributed by atoms with Gasteiger partial charge in [0.05, 0.1) is 5.56 Å². The Labute approximate surface area is 178 Å². The number of unbranched alkanes of at least 4 members (excludes halogenated alkanes) is 1. The molecule has 0 aliphatic carbocycles. The van der Waals surface area contributed by atoms with E-state index in [-0.39, 0.29) is 6.61 Å². The van der Waals surface area contributed by atoms with Crippen LogP contribution in [0.25, 0.3) is 12.2 Å². The highest BCUT2D eigenvalue weighted by molar-refractivity contribution is 6.17. The van der Waals surface area contributed by atoms with Crippen LogP contribution in [0.1, 0.15) is 41.1 Å². The molecule has 1 heterocycles. The Hall–Kier alpha value is -2.73. The summed E-state index contributed by atoms with van der Waals surface area (Å²) in [5.74, 6) is 1.77. The van der Waals surface area contributed by atoms with E-state index in [1.54, 1.807) is 12.2 Å². The number of rotatable bonds is 9. The van der Waals surface area contributed by atoms with Crippen molar-refractivity contribution in [2.24, 2.45) is 0 Å². The van der Waals surface area contributed by atoms with Gasteiger partial charge < -0.3 is 9.15 Å². The zero-order chi connectivity index (χ0) is 21.4. The average molecular weight is 436 g/mol. The Bertz CT molecular complexity index is 948. The predicted molar refractivity (Wildman–Crippen MR) is 111 cm³/mol. The third-order valence-electron chi connectivity index (χ3n) is 4.39. The number of hydrogen-bond donors (Lipinski definition) is 0. The highest BCUT2D eigenvalue weighted by Gasteiger charge is 2.29. The molecule has 2 aromatic carbocycles.